The number of aromatic nitrogens is 5. The van der Waals surface area contributed by atoms with Crippen LogP contribution < -0.4 is 10.6 Å². The lowest BCUT2D eigenvalue weighted by Gasteiger charge is -2.40. The maximum absolute atomic E-state index is 15.3. The normalized spacial score (nSPS) is 14.9. The van der Waals surface area contributed by atoms with Crippen molar-refractivity contribution in [1.29, 1.82) is 0 Å². The molecule has 1 aliphatic rings. The summed E-state index contributed by atoms with van der Waals surface area (Å²) in [6, 6.07) is 2.79. The standard InChI is InChI=1S/C24H20ClF2N7O4S/c1-10(29-23(36)24(8-37-9-24)31-22(35)20-11(2)32-34-39-20)19-17(27)4-13(7-28-19)15-5-14(25)6-16(26)18(15)21-30-12(3)38-33-21/h4-7,10H,8-9H2,1-3H3,(H,29,36)(H,31,35). The van der Waals surface area contributed by atoms with Crippen LogP contribution in [0.25, 0.3) is 22.5 Å². The largest absolute Gasteiger partial charge is 0.375 e. The Kier molecular flexibility index (Phi) is 7.09. The Morgan fingerprint density at radius 2 is 1.95 bits per heavy atom. The number of aryl methyl sites for hydroxylation is 2. The number of hydrogen-bond donors (Lipinski definition) is 2. The van der Waals surface area contributed by atoms with Gasteiger partial charge in [0.15, 0.2) is 5.54 Å². The van der Waals surface area contributed by atoms with Crippen LogP contribution in [0.1, 0.15) is 39.9 Å². The van der Waals surface area contributed by atoms with Gasteiger partial charge in [-0.25, -0.2) is 8.78 Å². The summed E-state index contributed by atoms with van der Waals surface area (Å²) >= 11 is 6.98. The smallest absolute Gasteiger partial charge is 0.265 e. The van der Waals surface area contributed by atoms with Crippen molar-refractivity contribution in [3.63, 3.8) is 0 Å². The minimum atomic E-state index is -1.34. The molecule has 11 nitrogen and oxygen atoms in total. The number of benzene rings is 1. The monoisotopic (exact) mass is 575 g/mol. The van der Waals surface area contributed by atoms with Gasteiger partial charge in [-0.1, -0.05) is 21.2 Å². The molecule has 4 aromatic rings. The number of amides is 2. The van der Waals surface area contributed by atoms with E-state index in [4.69, 9.17) is 20.9 Å². The molecule has 1 aromatic carbocycles. The molecule has 4 heterocycles. The SMILES string of the molecule is Cc1nc(-c2c(F)cc(Cl)cc2-c2cnc(C(C)NC(=O)C3(NC(=O)c4snnc4C)COC3)c(F)c2)no1. The van der Waals surface area contributed by atoms with Crippen LogP contribution in [-0.2, 0) is 9.53 Å². The van der Waals surface area contributed by atoms with Crippen molar-refractivity contribution in [1.82, 2.24) is 35.3 Å². The summed E-state index contributed by atoms with van der Waals surface area (Å²) < 4.78 is 44.1. The highest BCUT2D eigenvalue weighted by molar-refractivity contribution is 7.08. The van der Waals surface area contributed by atoms with E-state index >= 15 is 4.39 Å². The number of hydrogen-bond acceptors (Lipinski definition) is 10. The van der Waals surface area contributed by atoms with E-state index in [0.29, 0.717) is 5.69 Å². The number of carbonyl (C=O) groups excluding carboxylic acids is 2. The molecular weight excluding hydrogens is 556 g/mol. The highest BCUT2D eigenvalue weighted by atomic mass is 35.5. The van der Waals surface area contributed by atoms with E-state index in [-0.39, 0.29) is 57.2 Å². The molecule has 1 aliphatic heterocycles. The van der Waals surface area contributed by atoms with Crippen molar-refractivity contribution < 1.29 is 27.6 Å². The van der Waals surface area contributed by atoms with Gasteiger partial charge < -0.3 is 19.9 Å². The summed E-state index contributed by atoms with van der Waals surface area (Å²) in [6.45, 7) is 4.61. The molecule has 39 heavy (non-hydrogen) atoms. The highest BCUT2D eigenvalue weighted by Crippen LogP contribution is 2.36. The van der Waals surface area contributed by atoms with Crippen LogP contribution in [0.15, 0.2) is 28.9 Å². The van der Waals surface area contributed by atoms with Crippen LogP contribution in [0.4, 0.5) is 8.78 Å². The zero-order valence-electron chi connectivity index (χ0n) is 20.7. The van der Waals surface area contributed by atoms with E-state index in [1.807, 2.05) is 0 Å². The first-order chi connectivity index (χ1) is 18.6. The maximum Gasteiger partial charge on any atom is 0.265 e. The second kappa shape index (κ2) is 10.4. The molecule has 15 heteroatoms. The van der Waals surface area contributed by atoms with E-state index in [9.17, 15) is 14.0 Å². The van der Waals surface area contributed by atoms with Crippen molar-refractivity contribution in [3.05, 3.63) is 63.2 Å². The second-order valence-electron chi connectivity index (χ2n) is 8.95. The van der Waals surface area contributed by atoms with Gasteiger partial charge in [-0.15, -0.1) is 5.10 Å². The molecular formula is C24H20ClF2N7O4S. The lowest BCUT2D eigenvalue weighted by molar-refractivity contribution is -0.147. The van der Waals surface area contributed by atoms with Gasteiger partial charge >= 0.3 is 0 Å². The fraction of sp³-hybridized carbons (Fsp3) is 0.292. The van der Waals surface area contributed by atoms with Crippen LogP contribution >= 0.6 is 23.1 Å². The average Bonchev–Trinajstić information content (AvgIpc) is 3.48. The van der Waals surface area contributed by atoms with Crippen LogP contribution in [0, 0.1) is 25.5 Å². The number of ether oxygens (including phenoxy) is 1. The third-order valence-electron chi connectivity index (χ3n) is 6.09. The zero-order valence-corrected chi connectivity index (χ0v) is 22.3. The van der Waals surface area contributed by atoms with Crippen molar-refractivity contribution in [3.8, 4) is 22.5 Å². The molecule has 1 atom stereocenters. The fourth-order valence-corrected chi connectivity index (χ4v) is 4.78. The number of rotatable bonds is 7. The first-order valence-corrected chi connectivity index (χ1v) is 12.7. The highest BCUT2D eigenvalue weighted by Gasteiger charge is 2.48. The Bertz CT molecular complexity index is 1590. The van der Waals surface area contributed by atoms with Crippen molar-refractivity contribution in [2.45, 2.75) is 32.4 Å². The molecule has 2 N–H and O–H groups in total. The van der Waals surface area contributed by atoms with E-state index < -0.39 is 35.0 Å². The van der Waals surface area contributed by atoms with Gasteiger partial charge in [-0.05, 0) is 49.1 Å². The number of carbonyl (C=O) groups is 2. The molecule has 0 spiro atoms. The van der Waals surface area contributed by atoms with Crippen molar-refractivity contribution in [2.24, 2.45) is 0 Å². The second-order valence-corrected chi connectivity index (χ2v) is 10.1. The number of halogens is 3. The number of pyridine rings is 1. The summed E-state index contributed by atoms with van der Waals surface area (Å²) in [7, 11) is 0. The zero-order chi connectivity index (χ0) is 27.9. The number of nitrogens with one attached hydrogen (secondary N) is 2. The third kappa shape index (κ3) is 5.10. The summed E-state index contributed by atoms with van der Waals surface area (Å²) in [6.07, 6.45) is 1.33. The van der Waals surface area contributed by atoms with Gasteiger partial charge in [0.1, 0.15) is 16.5 Å². The molecule has 2 amide bonds. The summed E-state index contributed by atoms with van der Waals surface area (Å²) in [4.78, 5) is 34.3. The molecule has 0 aliphatic carbocycles. The van der Waals surface area contributed by atoms with Gasteiger partial charge in [0.2, 0.25) is 11.7 Å². The van der Waals surface area contributed by atoms with Crippen molar-refractivity contribution in [2.75, 3.05) is 13.2 Å². The third-order valence-corrected chi connectivity index (χ3v) is 7.13. The molecule has 0 saturated carbocycles. The molecule has 5 rings (SSSR count). The molecule has 0 radical (unpaired) electrons. The lowest BCUT2D eigenvalue weighted by Crippen LogP contribution is -2.70. The fourth-order valence-electron chi connectivity index (χ4n) is 4.03. The maximum atomic E-state index is 15.3. The quantitative estimate of drug-likeness (QED) is 0.338. The van der Waals surface area contributed by atoms with Crippen molar-refractivity contribution >= 4 is 34.9 Å². The van der Waals surface area contributed by atoms with E-state index in [0.717, 1.165) is 23.7 Å². The van der Waals surface area contributed by atoms with Crippen LogP contribution in [0.2, 0.25) is 5.02 Å². The van der Waals surface area contributed by atoms with Crippen LogP contribution in [-0.4, -0.2) is 55.3 Å². The molecule has 1 fully saturated rings. The predicted molar refractivity (Wildman–Crippen MR) is 135 cm³/mol. The first-order valence-electron chi connectivity index (χ1n) is 11.5. The summed E-state index contributed by atoms with van der Waals surface area (Å²) in [5.74, 6) is -2.36. The van der Waals surface area contributed by atoms with Crippen LogP contribution in [0.3, 0.4) is 0 Å². The Labute approximate surface area is 229 Å². The lowest BCUT2D eigenvalue weighted by atomic mass is 9.95. The van der Waals surface area contributed by atoms with E-state index in [1.54, 1.807) is 20.8 Å². The van der Waals surface area contributed by atoms with Gasteiger partial charge in [0.05, 0.1) is 36.2 Å². The predicted octanol–water partition coefficient (Wildman–Crippen LogP) is 3.57. The molecule has 0 bridgehead atoms. The molecule has 202 valence electrons. The Morgan fingerprint density at radius 3 is 2.54 bits per heavy atom. The van der Waals surface area contributed by atoms with Crippen LogP contribution in [0.5, 0.6) is 0 Å². The Balaban J connectivity index is 1.38. The minimum Gasteiger partial charge on any atom is -0.375 e. The minimum absolute atomic E-state index is 0.0267. The molecule has 1 unspecified atom stereocenters. The van der Waals surface area contributed by atoms with Gasteiger partial charge in [0, 0.05) is 23.7 Å². The van der Waals surface area contributed by atoms with E-state index in [2.05, 4.69) is 35.3 Å². The molecule has 3 aromatic heterocycles. The first kappa shape index (κ1) is 26.7. The molecule has 1 saturated heterocycles. The summed E-state index contributed by atoms with van der Waals surface area (Å²) in [5, 5.41) is 13.0. The van der Waals surface area contributed by atoms with Gasteiger partial charge in [-0.3, -0.25) is 14.6 Å². The number of nitrogens with zero attached hydrogens (tertiary/aromatic N) is 5. The average molecular weight is 576 g/mol. The van der Waals surface area contributed by atoms with E-state index in [1.165, 1.54) is 12.3 Å². The Hall–Kier alpha value is -3.88. The van der Waals surface area contributed by atoms with Gasteiger partial charge in [-0.2, -0.15) is 4.98 Å². The summed E-state index contributed by atoms with van der Waals surface area (Å²) in [5.41, 5.74) is -0.592. The van der Waals surface area contributed by atoms with Gasteiger partial charge in [0.25, 0.3) is 11.8 Å². The Morgan fingerprint density at radius 1 is 1.18 bits per heavy atom. The topological polar surface area (TPSA) is 145 Å².